The van der Waals surface area contributed by atoms with Gasteiger partial charge in [-0.1, -0.05) is 0 Å². The van der Waals surface area contributed by atoms with E-state index in [4.69, 9.17) is 9.47 Å². The maximum absolute atomic E-state index is 12.6. The van der Waals surface area contributed by atoms with Gasteiger partial charge in [0.1, 0.15) is 5.82 Å². The molecule has 1 aromatic heterocycles. The summed E-state index contributed by atoms with van der Waals surface area (Å²) in [5, 5.41) is 0. The van der Waals surface area contributed by atoms with E-state index in [1.807, 2.05) is 11.6 Å². The Balaban J connectivity index is 1.73. The summed E-state index contributed by atoms with van der Waals surface area (Å²) in [6.07, 6.45) is 4.57. The van der Waals surface area contributed by atoms with Crippen LogP contribution in [0.3, 0.4) is 0 Å². The number of methoxy groups -OCH3 is 2. The van der Waals surface area contributed by atoms with Gasteiger partial charge in [-0.15, -0.1) is 0 Å². The van der Waals surface area contributed by atoms with Crippen LogP contribution in [0.1, 0.15) is 18.7 Å². The van der Waals surface area contributed by atoms with E-state index in [0.717, 1.165) is 0 Å². The molecule has 0 spiro atoms. The zero-order valence-electron chi connectivity index (χ0n) is 13.5. The van der Waals surface area contributed by atoms with Crippen molar-refractivity contribution in [2.45, 2.75) is 18.4 Å². The van der Waals surface area contributed by atoms with E-state index >= 15 is 0 Å². The number of sulfonamides is 1. The van der Waals surface area contributed by atoms with E-state index < -0.39 is 27.0 Å². The van der Waals surface area contributed by atoms with Gasteiger partial charge < -0.3 is 14.0 Å². The van der Waals surface area contributed by atoms with Gasteiger partial charge in [-0.2, -0.15) is 4.31 Å². The predicted octanol–water partition coefficient (Wildman–Crippen LogP) is -0.140. The highest BCUT2D eigenvalue weighted by atomic mass is 32.2. The number of hydrogen-bond acceptors (Lipinski definition) is 6. The topological polar surface area (TPSA) is 90.7 Å². The number of aromatic nitrogens is 2. The van der Waals surface area contributed by atoms with Crippen molar-refractivity contribution in [3.05, 3.63) is 18.2 Å². The lowest BCUT2D eigenvalue weighted by Crippen LogP contribution is -2.63. The van der Waals surface area contributed by atoms with Crippen LogP contribution in [0.25, 0.3) is 0 Å². The lowest BCUT2D eigenvalue weighted by atomic mass is 9.95. The summed E-state index contributed by atoms with van der Waals surface area (Å²) in [6, 6.07) is 0. The molecule has 1 saturated carbocycles. The standard InChI is InChI=1S/C14H21N3O5S/c1-16-7-6-15-11(16)14(22-3)8-17(9-14)23(19,20)10-13(4-5-13)12(18)21-2/h6-7H,4-5,8-10H2,1-3H3. The lowest BCUT2D eigenvalue weighted by molar-refractivity contribution is -0.146. The van der Waals surface area contributed by atoms with Crippen molar-refractivity contribution in [3.8, 4) is 0 Å². The third kappa shape index (κ3) is 2.56. The maximum Gasteiger partial charge on any atom is 0.312 e. The first-order valence-corrected chi connectivity index (χ1v) is 8.99. The van der Waals surface area contributed by atoms with Gasteiger partial charge in [0.25, 0.3) is 0 Å². The minimum Gasteiger partial charge on any atom is -0.469 e. The second-order valence-corrected chi connectivity index (χ2v) is 8.33. The molecule has 1 aliphatic heterocycles. The van der Waals surface area contributed by atoms with Crippen molar-refractivity contribution in [2.75, 3.05) is 33.1 Å². The van der Waals surface area contributed by atoms with Crippen LogP contribution in [0.15, 0.2) is 12.4 Å². The molecule has 2 fully saturated rings. The van der Waals surface area contributed by atoms with Crippen LogP contribution in [0.2, 0.25) is 0 Å². The van der Waals surface area contributed by atoms with Gasteiger partial charge in [0.05, 0.1) is 31.4 Å². The number of imidazole rings is 1. The Morgan fingerprint density at radius 3 is 2.43 bits per heavy atom. The van der Waals surface area contributed by atoms with Gasteiger partial charge in [-0.3, -0.25) is 4.79 Å². The molecule has 0 atom stereocenters. The second kappa shape index (κ2) is 5.29. The molecule has 3 rings (SSSR count). The quantitative estimate of drug-likeness (QED) is 0.668. The fraction of sp³-hybridized carbons (Fsp3) is 0.714. The Kier molecular flexibility index (Phi) is 3.77. The summed E-state index contributed by atoms with van der Waals surface area (Å²) in [6.45, 7) is 0.405. The zero-order valence-corrected chi connectivity index (χ0v) is 14.3. The number of carbonyl (C=O) groups is 1. The molecule has 1 aromatic rings. The first kappa shape index (κ1) is 16.4. The van der Waals surface area contributed by atoms with Crippen LogP contribution in [-0.4, -0.2) is 61.3 Å². The fourth-order valence-corrected chi connectivity index (χ4v) is 5.20. The summed E-state index contributed by atoms with van der Waals surface area (Å²) >= 11 is 0. The fourth-order valence-electron chi connectivity index (χ4n) is 3.10. The van der Waals surface area contributed by atoms with Gasteiger partial charge >= 0.3 is 5.97 Å². The predicted molar refractivity (Wildman–Crippen MR) is 80.9 cm³/mol. The monoisotopic (exact) mass is 343 g/mol. The molecular weight excluding hydrogens is 322 g/mol. The average Bonchev–Trinajstić information content (AvgIpc) is 3.11. The van der Waals surface area contributed by atoms with Crippen molar-refractivity contribution in [1.29, 1.82) is 0 Å². The molecule has 2 aliphatic rings. The third-order valence-electron chi connectivity index (χ3n) is 4.81. The van der Waals surface area contributed by atoms with Gasteiger partial charge in [-0.05, 0) is 12.8 Å². The molecule has 23 heavy (non-hydrogen) atoms. The molecule has 1 aliphatic carbocycles. The molecule has 0 radical (unpaired) electrons. The molecule has 1 saturated heterocycles. The smallest absolute Gasteiger partial charge is 0.312 e. The van der Waals surface area contributed by atoms with Crippen molar-refractivity contribution in [3.63, 3.8) is 0 Å². The highest BCUT2D eigenvalue weighted by Crippen LogP contribution is 2.49. The normalized spacial score (nSPS) is 22.4. The third-order valence-corrected chi connectivity index (χ3v) is 6.77. The highest BCUT2D eigenvalue weighted by molar-refractivity contribution is 7.89. The number of carbonyl (C=O) groups excluding carboxylic acids is 1. The molecule has 8 nitrogen and oxygen atoms in total. The average molecular weight is 343 g/mol. The summed E-state index contributed by atoms with van der Waals surface area (Å²) in [5.41, 5.74) is -1.59. The molecular formula is C14H21N3O5S. The molecule has 0 aromatic carbocycles. The Morgan fingerprint density at radius 1 is 1.35 bits per heavy atom. The number of rotatable bonds is 6. The Hall–Kier alpha value is -1.45. The summed E-state index contributed by atoms with van der Waals surface area (Å²) in [4.78, 5) is 16.0. The van der Waals surface area contributed by atoms with Crippen LogP contribution < -0.4 is 0 Å². The number of aryl methyl sites for hydroxylation is 1. The summed E-state index contributed by atoms with van der Waals surface area (Å²) < 4.78 is 38.6. The van der Waals surface area contributed by atoms with Gasteiger partial charge in [0.2, 0.25) is 10.0 Å². The number of ether oxygens (including phenoxy) is 2. The van der Waals surface area contributed by atoms with Crippen LogP contribution in [0.5, 0.6) is 0 Å². The van der Waals surface area contributed by atoms with Crippen LogP contribution in [0, 0.1) is 5.41 Å². The molecule has 0 unspecified atom stereocenters. The molecule has 128 valence electrons. The lowest BCUT2D eigenvalue weighted by Gasteiger charge is -2.47. The molecule has 9 heteroatoms. The van der Waals surface area contributed by atoms with E-state index in [9.17, 15) is 13.2 Å². The van der Waals surface area contributed by atoms with Gasteiger partial charge in [-0.25, -0.2) is 13.4 Å². The SMILES string of the molecule is COC(=O)C1(CS(=O)(=O)N2CC(OC)(c3nccn3C)C2)CC1. The summed E-state index contributed by atoms with van der Waals surface area (Å²) in [5.74, 6) is 0.0526. The highest BCUT2D eigenvalue weighted by Gasteiger charge is 2.58. The zero-order chi connectivity index (χ0) is 16.9. The minimum atomic E-state index is -3.54. The first-order chi connectivity index (χ1) is 10.8. The Bertz CT molecular complexity index is 717. The van der Waals surface area contributed by atoms with Crippen molar-refractivity contribution >= 4 is 16.0 Å². The summed E-state index contributed by atoms with van der Waals surface area (Å²) in [7, 11) is 1.14. The van der Waals surface area contributed by atoms with Crippen LogP contribution in [0.4, 0.5) is 0 Å². The molecule has 0 amide bonds. The number of hydrogen-bond donors (Lipinski definition) is 0. The van der Waals surface area contributed by atoms with Crippen LogP contribution >= 0.6 is 0 Å². The van der Waals surface area contributed by atoms with E-state index in [2.05, 4.69) is 4.98 Å². The largest absolute Gasteiger partial charge is 0.469 e. The van der Waals surface area contributed by atoms with E-state index in [-0.39, 0.29) is 18.8 Å². The van der Waals surface area contributed by atoms with Crippen molar-refractivity contribution < 1.29 is 22.7 Å². The van der Waals surface area contributed by atoms with E-state index in [1.165, 1.54) is 11.4 Å². The van der Waals surface area contributed by atoms with E-state index in [1.54, 1.807) is 19.5 Å². The Labute approximate surface area is 135 Å². The maximum atomic E-state index is 12.6. The van der Waals surface area contributed by atoms with Gasteiger partial charge in [0, 0.05) is 26.6 Å². The molecule has 0 bridgehead atoms. The molecule has 0 N–H and O–H groups in total. The van der Waals surface area contributed by atoms with Crippen molar-refractivity contribution in [1.82, 2.24) is 13.9 Å². The van der Waals surface area contributed by atoms with Gasteiger partial charge in [0.15, 0.2) is 5.60 Å². The Morgan fingerprint density at radius 2 is 2.00 bits per heavy atom. The van der Waals surface area contributed by atoms with E-state index in [0.29, 0.717) is 18.7 Å². The second-order valence-electron chi connectivity index (χ2n) is 6.36. The van der Waals surface area contributed by atoms with Crippen LogP contribution in [-0.2, 0) is 36.9 Å². The molecule has 2 heterocycles. The number of nitrogens with zero attached hydrogens (tertiary/aromatic N) is 3. The minimum absolute atomic E-state index is 0.201. The first-order valence-electron chi connectivity index (χ1n) is 7.38. The van der Waals surface area contributed by atoms with Crippen molar-refractivity contribution in [2.24, 2.45) is 12.5 Å². The number of esters is 1.